The predicted molar refractivity (Wildman–Crippen MR) is 99.1 cm³/mol. The Kier molecular flexibility index (Phi) is 16.6. The van der Waals surface area contributed by atoms with Crippen LogP contribution in [-0.2, 0) is 4.74 Å². The van der Waals surface area contributed by atoms with Gasteiger partial charge in [0, 0.05) is 40.4 Å². The minimum atomic E-state index is 0. The lowest BCUT2D eigenvalue weighted by Crippen LogP contribution is -2.40. The topological polar surface area (TPSA) is 36.9 Å². The molecule has 0 radical (unpaired) electrons. The van der Waals surface area contributed by atoms with E-state index in [0.717, 1.165) is 51.5 Å². The molecule has 5 heteroatoms. The molecule has 120 valence electrons. The quantitative estimate of drug-likeness (QED) is 0.202. The van der Waals surface area contributed by atoms with Crippen LogP contribution in [-0.4, -0.2) is 51.3 Å². The van der Waals surface area contributed by atoms with E-state index in [9.17, 15) is 0 Å². The average molecular weight is 397 g/mol. The fourth-order valence-electron chi connectivity index (χ4n) is 1.66. The van der Waals surface area contributed by atoms with E-state index < -0.39 is 0 Å². The third-order valence-corrected chi connectivity index (χ3v) is 2.67. The number of nitrogens with one attached hydrogen (secondary N) is 1. The molecule has 0 atom stereocenters. The molecule has 0 aliphatic carbocycles. The summed E-state index contributed by atoms with van der Waals surface area (Å²) in [5.74, 6) is 1.56. The van der Waals surface area contributed by atoms with Crippen molar-refractivity contribution in [1.82, 2.24) is 10.2 Å². The fraction of sp³-hybridized carbons (Fsp3) is 0.800. The Morgan fingerprint density at radius 3 is 2.65 bits per heavy atom. The fourth-order valence-corrected chi connectivity index (χ4v) is 1.66. The van der Waals surface area contributed by atoms with Gasteiger partial charge in [0.25, 0.3) is 0 Å². The van der Waals surface area contributed by atoms with Crippen LogP contribution in [0.4, 0.5) is 0 Å². The van der Waals surface area contributed by atoms with Crippen molar-refractivity contribution in [2.24, 2.45) is 10.9 Å². The lowest BCUT2D eigenvalue weighted by atomic mass is 10.2. The van der Waals surface area contributed by atoms with E-state index >= 15 is 0 Å². The van der Waals surface area contributed by atoms with Crippen LogP contribution >= 0.6 is 24.0 Å². The van der Waals surface area contributed by atoms with E-state index in [2.05, 4.69) is 42.7 Å². The highest BCUT2D eigenvalue weighted by Gasteiger charge is 2.04. The second kappa shape index (κ2) is 15.1. The van der Waals surface area contributed by atoms with Crippen LogP contribution in [0, 0.1) is 5.92 Å². The Bertz CT molecular complexity index is 258. The Morgan fingerprint density at radius 2 is 2.10 bits per heavy atom. The first kappa shape index (κ1) is 22.0. The maximum absolute atomic E-state index is 5.55. The SMILES string of the molecule is C=CCCCN(C)C(=NC)NCCCOCC(C)C.I. The molecule has 0 bridgehead atoms. The zero-order chi connectivity index (χ0) is 14.5. The predicted octanol–water partition coefficient (Wildman–Crippen LogP) is 3.14. The van der Waals surface area contributed by atoms with E-state index in [1.54, 1.807) is 0 Å². The number of unbranched alkanes of at least 4 members (excludes halogenated alkanes) is 1. The van der Waals surface area contributed by atoms with E-state index in [4.69, 9.17) is 4.74 Å². The molecule has 0 rings (SSSR count). The molecule has 0 heterocycles. The molecule has 0 amide bonds. The monoisotopic (exact) mass is 397 g/mol. The lowest BCUT2D eigenvalue weighted by molar-refractivity contribution is 0.108. The molecule has 0 aliphatic rings. The zero-order valence-corrected chi connectivity index (χ0v) is 15.9. The van der Waals surface area contributed by atoms with E-state index in [1.165, 1.54) is 0 Å². The molecule has 0 aromatic carbocycles. The minimum absolute atomic E-state index is 0. The molecule has 0 spiro atoms. The van der Waals surface area contributed by atoms with E-state index in [-0.39, 0.29) is 24.0 Å². The summed E-state index contributed by atoms with van der Waals surface area (Å²) in [5, 5.41) is 3.35. The molecule has 1 N–H and O–H groups in total. The summed E-state index contributed by atoms with van der Waals surface area (Å²) in [6.45, 7) is 11.6. The molecular formula is C15H32IN3O. The van der Waals surface area contributed by atoms with Crippen molar-refractivity contribution in [3.05, 3.63) is 12.7 Å². The molecule has 0 fully saturated rings. The number of halogens is 1. The summed E-state index contributed by atoms with van der Waals surface area (Å²) < 4.78 is 5.55. The number of ether oxygens (including phenoxy) is 1. The van der Waals surface area contributed by atoms with E-state index in [1.807, 2.05) is 13.1 Å². The molecule has 0 aliphatic heterocycles. The number of nitrogens with zero attached hydrogens (tertiary/aromatic N) is 2. The Hall–Kier alpha value is -0.300. The maximum atomic E-state index is 5.55. The number of hydrogen-bond donors (Lipinski definition) is 1. The van der Waals surface area contributed by atoms with Gasteiger partial charge in [-0.05, 0) is 25.2 Å². The summed E-state index contributed by atoms with van der Waals surface area (Å²) in [5.41, 5.74) is 0. The summed E-state index contributed by atoms with van der Waals surface area (Å²) in [4.78, 5) is 6.43. The molecule has 0 aromatic heterocycles. The van der Waals surface area contributed by atoms with Crippen molar-refractivity contribution < 1.29 is 4.74 Å². The first-order valence-electron chi connectivity index (χ1n) is 7.22. The first-order valence-corrected chi connectivity index (χ1v) is 7.22. The Morgan fingerprint density at radius 1 is 1.40 bits per heavy atom. The molecular weight excluding hydrogens is 365 g/mol. The first-order chi connectivity index (χ1) is 9.11. The molecule has 20 heavy (non-hydrogen) atoms. The summed E-state index contributed by atoms with van der Waals surface area (Å²) in [6.07, 6.45) is 5.12. The largest absolute Gasteiger partial charge is 0.381 e. The summed E-state index contributed by atoms with van der Waals surface area (Å²) >= 11 is 0. The number of aliphatic imine (C=N–C) groups is 1. The Balaban J connectivity index is 0. The molecule has 0 aromatic rings. The van der Waals surface area contributed by atoms with Gasteiger partial charge < -0.3 is 15.0 Å². The van der Waals surface area contributed by atoms with Crippen molar-refractivity contribution in [1.29, 1.82) is 0 Å². The van der Waals surface area contributed by atoms with Gasteiger partial charge in [-0.15, -0.1) is 30.6 Å². The van der Waals surface area contributed by atoms with Crippen LogP contribution in [0.25, 0.3) is 0 Å². The molecule has 0 saturated heterocycles. The van der Waals surface area contributed by atoms with Crippen molar-refractivity contribution >= 4 is 29.9 Å². The average Bonchev–Trinajstić information content (AvgIpc) is 2.37. The van der Waals surface area contributed by atoms with E-state index in [0.29, 0.717) is 5.92 Å². The van der Waals surface area contributed by atoms with Crippen molar-refractivity contribution in [3.8, 4) is 0 Å². The van der Waals surface area contributed by atoms with Gasteiger partial charge in [-0.25, -0.2) is 0 Å². The third kappa shape index (κ3) is 12.7. The molecule has 0 unspecified atom stereocenters. The van der Waals surface area contributed by atoms with Gasteiger partial charge >= 0.3 is 0 Å². The van der Waals surface area contributed by atoms with Gasteiger partial charge in [0.15, 0.2) is 5.96 Å². The standard InChI is InChI=1S/C15H31N3O.HI/c1-6-7-8-11-18(5)15(16-4)17-10-9-12-19-13-14(2)3;/h6,14H,1,7-13H2,2-5H3,(H,16,17);1H. The number of rotatable bonds is 10. The number of hydrogen-bond acceptors (Lipinski definition) is 2. The highest BCUT2D eigenvalue weighted by molar-refractivity contribution is 14.0. The highest BCUT2D eigenvalue weighted by Crippen LogP contribution is 1.95. The molecule has 4 nitrogen and oxygen atoms in total. The highest BCUT2D eigenvalue weighted by atomic mass is 127. The van der Waals surface area contributed by atoms with Crippen LogP contribution in [0.2, 0.25) is 0 Å². The maximum Gasteiger partial charge on any atom is 0.193 e. The van der Waals surface area contributed by atoms with Gasteiger partial charge in [-0.1, -0.05) is 19.9 Å². The van der Waals surface area contributed by atoms with Gasteiger partial charge in [0.05, 0.1) is 0 Å². The van der Waals surface area contributed by atoms with Crippen LogP contribution in [0.5, 0.6) is 0 Å². The zero-order valence-electron chi connectivity index (χ0n) is 13.5. The Labute approximate surface area is 142 Å². The van der Waals surface area contributed by atoms with Crippen molar-refractivity contribution in [2.75, 3.05) is 40.4 Å². The van der Waals surface area contributed by atoms with Crippen LogP contribution in [0.15, 0.2) is 17.6 Å². The van der Waals surface area contributed by atoms with Crippen molar-refractivity contribution in [2.45, 2.75) is 33.1 Å². The van der Waals surface area contributed by atoms with Crippen LogP contribution < -0.4 is 5.32 Å². The van der Waals surface area contributed by atoms with Gasteiger partial charge in [-0.3, -0.25) is 4.99 Å². The van der Waals surface area contributed by atoms with Gasteiger partial charge in [-0.2, -0.15) is 0 Å². The second-order valence-corrected chi connectivity index (χ2v) is 5.15. The third-order valence-electron chi connectivity index (χ3n) is 2.67. The summed E-state index contributed by atoms with van der Waals surface area (Å²) in [7, 11) is 3.88. The normalized spacial score (nSPS) is 11.2. The smallest absolute Gasteiger partial charge is 0.193 e. The lowest BCUT2D eigenvalue weighted by Gasteiger charge is -2.21. The molecule has 0 saturated carbocycles. The van der Waals surface area contributed by atoms with Gasteiger partial charge in [0.2, 0.25) is 0 Å². The minimum Gasteiger partial charge on any atom is -0.381 e. The summed E-state index contributed by atoms with van der Waals surface area (Å²) in [6, 6.07) is 0. The second-order valence-electron chi connectivity index (χ2n) is 5.15. The van der Waals surface area contributed by atoms with Crippen molar-refractivity contribution in [3.63, 3.8) is 0 Å². The number of allylic oxidation sites excluding steroid dienone is 1. The van der Waals surface area contributed by atoms with Crippen LogP contribution in [0.3, 0.4) is 0 Å². The van der Waals surface area contributed by atoms with Gasteiger partial charge in [0.1, 0.15) is 0 Å². The number of guanidine groups is 1. The van der Waals surface area contributed by atoms with Crippen LogP contribution in [0.1, 0.15) is 33.1 Å².